The lowest BCUT2D eigenvalue weighted by molar-refractivity contribution is -0.137. The standard InChI is InChI=1S/C13H18F3NO/c1-3-12(2,18)9-17-8-10-5-4-6-11(7-10)13(14,15)16/h4-7,17-18H,3,8-9H2,1-2H3. The Morgan fingerprint density at radius 3 is 2.50 bits per heavy atom. The van der Waals surface area contributed by atoms with Gasteiger partial charge in [-0.25, -0.2) is 0 Å². The molecular weight excluding hydrogens is 243 g/mol. The van der Waals surface area contributed by atoms with Gasteiger partial charge in [0.2, 0.25) is 0 Å². The van der Waals surface area contributed by atoms with Gasteiger partial charge in [-0.15, -0.1) is 0 Å². The molecule has 0 aliphatic carbocycles. The van der Waals surface area contributed by atoms with Crippen LogP contribution in [-0.4, -0.2) is 17.3 Å². The van der Waals surface area contributed by atoms with Crippen LogP contribution in [0.3, 0.4) is 0 Å². The first-order valence-electron chi connectivity index (χ1n) is 5.84. The first-order chi connectivity index (χ1) is 8.24. The van der Waals surface area contributed by atoms with Crippen LogP contribution in [0.5, 0.6) is 0 Å². The summed E-state index contributed by atoms with van der Waals surface area (Å²) in [6.45, 7) is 4.19. The Bertz CT molecular complexity index is 388. The summed E-state index contributed by atoms with van der Waals surface area (Å²) in [7, 11) is 0. The van der Waals surface area contributed by atoms with Crippen molar-refractivity contribution in [2.24, 2.45) is 0 Å². The van der Waals surface area contributed by atoms with E-state index in [2.05, 4.69) is 5.32 Å². The average Bonchev–Trinajstić information content (AvgIpc) is 2.28. The van der Waals surface area contributed by atoms with Gasteiger partial charge >= 0.3 is 6.18 Å². The van der Waals surface area contributed by atoms with Gasteiger partial charge in [-0.3, -0.25) is 0 Å². The number of hydrogen-bond donors (Lipinski definition) is 2. The zero-order valence-electron chi connectivity index (χ0n) is 10.5. The quantitative estimate of drug-likeness (QED) is 0.854. The zero-order chi connectivity index (χ0) is 13.8. The van der Waals surface area contributed by atoms with Crippen molar-refractivity contribution >= 4 is 0 Å². The lowest BCUT2D eigenvalue weighted by Crippen LogP contribution is -2.36. The molecule has 0 saturated carbocycles. The Morgan fingerprint density at radius 1 is 1.28 bits per heavy atom. The first-order valence-corrected chi connectivity index (χ1v) is 5.84. The van der Waals surface area contributed by atoms with E-state index in [-0.39, 0.29) is 0 Å². The van der Waals surface area contributed by atoms with Gasteiger partial charge in [0.05, 0.1) is 11.2 Å². The SMILES string of the molecule is CCC(C)(O)CNCc1cccc(C(F)(F)F)c1. The minimum atomic E-state index is -4.31. The molecule has 1 unspecified atom stereocenters. The molecule has 0 amide bonds. The summed E-state index contributed by atoms with van der Waals surface area (Å²) in [5.74, 6) is 0. The van der Waals surface area contributed by atoms with Gasteiger partial charge in [0.1, 0.15) is 0 Å². The molecule has 102 valence electrons. The van der Waals surface area contributed by atoms with Crippen molar-refractivity contribution in [1.82, 2.24) is 5.32 Å². The third kappa shape index (κ3) is 4.66. The molecule has 2 N–H and O–H groups in total. The van der Waals surface area contributed by atoms with Crippen LogP contribution in [-0.2, 0) is 12.7 Å². The highest BCUT2D eigenvalue weighted by atomic mass is 19.4. The molecule has 2 nitrogen and oxygen atoms in total. The molecule has 0 aromatic heterocycles. The Kier molecular flexibility index (Phi) is 4.76. The summed E-state index contributed by atoms with van der Waals surface area (Å²) < 4.78 is 37.4. The van der Waals surface area contributed by atoms with Crippen LogP contribution in [0.15, 0.2) is 24.3 Å². The van der Waals surface area contributed by atoms with Gasteiger partial charge in [-0.1, -0.05) is 25.1 Å². The maximum atomic E-state index is 12.5. The third-order valence-electron chi connectivity index (χ3n) is 2.85. The summed E-state index contributed by atoms with van der Waals surface area (Å²) in [6.07, 6.45) is -3.73. The zero-order valence-corrected chi connectivity index (χ0v) is 10.5. The lowest BCUT2D eigenvalue weighted by atomic mass is 10.0. The van der Waals surface area contributed by atoms with Gasteiger partial charge in [0.15, 0.2) is 0 Å². The van der Waals surface area contributed by atoms with Crippen LogP contribution in [0, 0.1) is 0 Å². The summed E-state index contributed by atoms with van der Waals surface area (Å²) in [5, 5.41) is 12.7. The van der Waals surface area contributed by atoms with E-state index in [9.17, 15) is 18.3 Å². The number of alkyl halides is 3. The van der Waals surface area contributed by atoms with Crippen molar-refractivity contribution < 1.29 is 18.3 Å². The molecule has 1 aromatic carbocycles. The molecule has 1 rings (SSSR count). The monoisotopic (exact) mass is 261 g/mol. The van der Waals surface area contributed by atoms with Gasteiger partial charge in [-0.05, 0) is 25.0 Å². The summed E-state index contributed by atoms with van der Waals surface area (Å²) in [4.78, 5) is 0. The maximum absolute atomic E-state index is 12.5. The third-order valence-corrected chi connectivity index (χ3v) is 2.85. The van der Waals surface area contributed by atoms with Crippen molar-refractivity contribution in [3.8, 4) is 0 Å². The predicted octanol–water partition coefficient (Wildman–Crippen LogP) is 2.96. The molecule has 0 spiro atoms. The first kappa shape index (κ1) is 15.0. The Morgan fingerprint density at radius 2 is 1.94 bits per heavy atom. The van der Waals surface area contributed by atoms with Gasteiger partial charge in [-0.2, -0.15) is 13.2 Å². The number of benzene rings is 1. The minimum Gasteiger partial charge on any atom is -0.389 e. The molecule has 18 heavy (non-hydrogen) atoms. The maximum Gasteiger partial charge on any atom is 0.416 e. The van der Waals surface area contributed by atoms with E-state index in [4.69, 9.17) is 0 Å². The van der Waals surface area contributed by atoms with Crippen molar-refractivity contribution in [3.63, 3.8) is 0 Å². The lowest BCUT2D eigenvalue weighted by Gasteiger charge is -2.21. The van der Waals surface area contributed by atoms with Crippen LogP contribution in [0.2, 0.25) is 0 Å². The highest BCUT2D eigenvalue weighted by molar-refractivity contribution is 5.25. The second-order valence-electron chi connectivity index (χ2n) is 4.65. The molecule has 0 aliphatic rings. The van der Waals surface area contributed by atoms with Crippen molar-refractivity contribution in [3.05, 3.63) is 35.4 Å². The molecule has 1 aromatic rings. The second-order valence-corrected chi connectivity index (χ2v) is 4.65. The summed E-state index contributed by atoms with van der Waals surface area (Å²) in [6, 6.07) is 5.18. The Balaban J connectivity index is 2.59. The van der Waals surface area contributed by atoms with Crippen LogP contribution in [0.1, 0.15) is 31.4 Å². The average molecular weight is 261 g/mol. The van der Waals surface area contributed by atoms with Crippen LogP contribution in [0.25, 0.3) is 0 Å². The van der Waals surface area contributed by atoms with Gasteiger partial charge in [0, 0.05) is 13.1 Å². The molecule has 5 heteroatoms. The molecule has 1 atom stereocenters. The van der Waals surface area contributed by atoms with E-state index in [0.717, 1.165) is 12.1 Å². The number of nitrogens with one attached hydrogen (secondary N) is 1. The number of rotatable bonds is 5. The molecule has 0 saturated heterocycles. The molecule has 0 radical (unpaired) electrons. The summed E-state index contributed by atoms with van der Waals surface area (Å²) in [5.41, 5.74) is -0.928. The molecule has 0 fully saturated rings. The molecule has 0 aliphatic heterocycles. The molecule has 0 bridgehead atoms. The number of hydrogen-bond acceptors (Lipinski definition) is 2. The smallest absolute Gasteiger partial charge is 0.389 e. The highest BCUT2D eigenvalue weighted by Gasteiger charge is 2.30. The van der Waals surface area contributed by atoms with Gasteiger partial charge in [0.25, 0.3) is 0 Å². The van der Waals surface area contributed by atoms with Crippen molar-refractivity contribution in [2.45, 2.75) is 38.6 Å². The Hall–Kier alpha value is -1.07. The van der Waals surface area contributed by atoms with Gasteiger partial charge < -0.3 is 10.4 Å². The van der Waals surface area contributed by atoms with E-state index in [1.54, 1.807) is 13.0 Å². The van der Waals surface area contributed by atoms with Crippen molar-refractivity contribution in [2.75, 3.05) is 6.54 Å². The number of halogens is 3. The molecular formula is C13H18F3NO. The largest absolute Gasteiger partial charge is 0.416 e. The highest BCUT2D eigenvalue weighted by Crippen LogP contribution is 2.29. The second kappa shape index (κ2) is 5.71. The minimum absolute atomic E-state index is 0.306. The van der Waals surface area contributed by atoms with E-state index < -0.39 is 17.3 Å². The fourth-order valence-electron chi connectivity index (χ4n) is 1.46. The van der Waals surface area contributed by atoms with Crippen LogP contribution >= 0.6 is 0 Å². The Labute approximate surface area is 105 Å². The fraction of sp³-hybridized carbons (Fsp3) is 0.538. The predicted molar refractivity (Wildman–Crippen MR) is 64.1 cm³/mol. The number of aliphatic hydroxyl groups is 1. The normalized spacial score (nSPS) is 15.4. The van der Waals surface area contributed by atoms with E-state index >= 15 is 0 Å². The summed E-state index contributed by atoms with van der Waals surface area (Å²) >= 11 is 0. The van der Waals surface area contributed by atoms with Crippen LogP contribution < -0.4 is 5.32 Å². The van der Waals surface area contributed by atoms with E-state index in [1.807, 2.05) is 6.92 Å². The topological polar surface area (TPSA) is 32.3 Å². The van der Waals surface area contributed by atoms with E-state index in [0.29, 0.717) is 25.1 Å². The fourth-order valence-corrected chi connectivity index (χ4v) is 1.46. The van der Waals surface area contributed by atoms with Crippen LogP contribution in [0.4, 0.5) is 13.2 Å². The van der Waals surface area contributed by atoms with E-state index in [1.165, 1.54) is 6.07 Å². The van der Waals surface area contributed by atoms with Crippen molar-refractivity contribution in [1.29, 1.82) is 0 Å². The molecule has 0 heterocycles.